The minimum absolute atomic E-state index is 0.0950. The van der Waals surface area contributed by atoms with E-state index in [0.29, 0.717) is 0 Å². The Bertz CT molecular complexity index is 456. The van der Waals surface area contributed by atoms with Crippen molar-refractivity contribution in [2.24, 2.45) is 5.73 Å². The Morgan fingerprint density at radius 3 is 3.00 bits per heavy atom. The lowest BCUT2D eigenvalue weighted by atomic mass is 10.2. The van der Waals surface area contributed by atoms with Crippen molar-refractivity contribution in [2.75, 3.05) is 0 Å². The molecule has 16 heavy (non-hydrogen) atoms. The van der Waals surface area contributed by atoms with Crippen LogP contribution in [0.3, 0.4) is 0 Å². The average molecular weight is 235 g/mol. The van der Waals surface area contributed by atoms with E-state index in [4.69, 9.17) is 5.73 Å². The van der Waals surface area contributed by atoms with Crippen molar-refractivity contribution in [2.45, 2.75) is 32.9 Å². The van der Waals surface area contributed by atoms with E-state index in [2.05, 4.69) is 34.8 Å². The van der Waals surface area contributed by atoms with Crippen LogP contribution in [-0.2, 0) is 13.0 Å². The first kappa shape index (κ1) is 11.4. The fraction of sp³-hybridized carbons (Fsp3) is 0.417. The van der Waals surface area contributed by atoms with Crippen LogP contribution >= 0.6 is 11.3 Å². The monoisotopic (exact) mass is 235 g/mol. The number of nitrogens with zero attached hydrogens (tertiary/aromatic N) is 2. The second kappa shape index (κ2) is 4.80. The maximum absolute atomic E-state index is 5.91. The van der Waals surface area contributed by atoms with Crippen molar-refractivity contribution in [3.05, 3.63) is 40.1 Å². The van der Waals surface area contributed by atoms with Crippen LogP contribution in [0.15, 0.2) is 23.8 Å². The summed E-state index contributed by atoms with van der Waals surface area (Å²) in [5.41, 5.74) is 10.2. The van der Waals surface area contributed by atoms with Gasteiger partial charge in [0.2, 0.25) is 0 Å². The predicted molar refractivity (Wildman–Crippen MR) is 67.6 cm³/mol. The third kappa shape index (κ3) is 2.33. The molecule has 4 heteroatoms. The molecule has 0 saturated heterocycles. The van der Waals surface area contributed by atoms with Crippen molar-refractivity contribution in [1.82, 2.24) is 9.55 Å². The molecule has 2 aromatic heterocycles. The zero-order valence-corrected chi connectivity index (χ0v) is 10.5. The summed E-state index contributed by atoms with van der Waals surface area (Å²) in [6.07, 6.45) is 3.12. The second-order valence-electron chi connectivity index (χ2n) is 4.03. The van der Waals surface area contributed by atoms with Gasteiger partial charge in [0, 0.05) is 35.8 Å². The first-order valence-electron chi connectivity index (χ1n) is 5.48. The molecule has 86 valence electrons. The molecule has 0 spiro atoms. The Hall–Kier alpha value is -1.13. The molecular weight excluding hydrogens is 218 g/mol. The largest absolute Gasteiger partial charge is 0.350 e. The average Bonchev–Trinajstić information content (AvgIpc) is 2.83. The quantitative estimate of drug-likeness (QED) is 0.885. The Labute approximate surface area is 99.9 Å². The Balaban J connectivity index is 2.05. The van der Waals surface area contributed by atoms with Crippen LogP contribution in [0, 0.1) is 6.92 Å². The molecule has 1 atom stereocenters. The SMILES string of the molecule is Cc1ncsc1CCn1cccc1C(C)N. The van der Waals surface area contributed by atoms with Crippen molar-refractivity contribution in [3.63, 3.8) is 0 Å². The summed E-state index contributed by atoms with van der Waals surface area (Å²) in [6, 6.07) is 4.24. The number of thiazole rings is 1. The zero-order chi connectivity index (χ0) is 11.5. The maximum Gasteiger partial charge on any atom is 0.0797 e. The van der Waals surface area contributed by atoms with E-state index in [0.717, 1.165) is 18.7 Å². The lowest BCUT2D eigenvalue weighted by Crippen LogP contribution is -2.12. The molecule has 0 radical (unpaired) electrons. The van der Waals surface area contributed by atoms with Crippen LogP contribution < -0.4 is 5.73 Å². The van der Waals surface area contributed by atoms with Crippen LogP contribution in [0.2, 0.25) is 0 Å². The lowest BCUT2D eigenvalue weighted by Gasteiger charge is -2.11. The highest BCUT2D eigenvalue weighted by Crippen LogP contribution is 2.16. The van der Waals surface area contributed by atoms with Gasteiger partial charge in [-0.05, 0) is 26.0 Å². The molecule has 0 aliphatic rings. The van der Waals surface area contributed by atoms with Gasteiger partial charge in [0.1, 0.15) is 0 Å². The molecule has 2 rings (SSSR count). The third-order valence-electron chi connectivity index (χ3n) is 2.76. The Morgan fingerprint density at radius 1 is 1.56 bits per heavy atom. The number of nitrogens with two attached hydrogens (primary N) is 1. The number of aryl methyl sites for hydroxylation is 3. The molecule has 2 N–H and O–H groups in total. The highest BCUT2D eigenvalue weighted by Gasteiger charge is 2.07. The van der Waals surface area contributed by atoms with E-state index in [9.17, 15) is 0 Å². The molecular formula is C12H17N3S. The van der Waals surface area contributed by atoms with Crippen molar-refractivity contribution in [3.8, 4) is 0 Å². The number of hydrogen-bond donors (Lipinski definition) is 1. The number of aromatic nitrogens is 2. The van der Waals surface area contributed by atoms with Gasteiger partial charge in [-0.1, -0.05) is 0 Å². The molecule has 0 aromatic carbocycles. The van der Waals surface area contributed by atoms with E-state index in [1.54, 1.807) is 11.3 Å². The summed E-state index contributed by atoms with van der Waals surface area (Å²) < 4.78 is 2.23. The Morgan fingerprint density at radius 2 is 2.38 bits per heavy atom. The van der Waals surface area contributed by atoms with Crippen LogP contribution in [-0.4, -0.2) is 9.55 Å². The number of rotatable bonds is 4. The highest BCUT2D eigenvalue weighted by molar-refractivity contribution is 7.09. The van der Waals surface area contributed by atoms with Crippen LogP contribution in [0.25, 0.3) is 0 Å². The summed E-state index contributed by atoms with van der Waals surface area (Å²) in [6.45, 7) is 5.06. The molecule has 0 amide bonds. The molecule has 0 bridgehead atoms. The molecule has 2 heterocycles. The second-order valence-corrected chi connectivity index (χ2v) is 4.97. The van der Waals surface area contributed by atoms with E-state index in [1.807, 2.05) is 12.4 Å². The van der Waals surface area contributed by atoms with Gasteiger partial charge < -0.3 is 10.3 Å². The highest BCUT2D eigenvalue weighted by atomic mass is 32.1. The summed E-state index contributed by atoms with van der Waals surface area (Å²) in [5, 5.41) is 0. The van der Waals surface area contributed by atoms with Crippen molar-refractivity contribution in [1.29, 1.82) is 0 Å². The molecule has 1 unspecified atom stereocenters. The van der Waals surface area contributed by atoms with E-state index in [1.165, 1.54) is 10.6 Å². The molecule has 3 nitrogen and oxygen atoms in total. The molecule has 2 aromatic rings. The fourth-order valence-electron chi connectivity index (χ4n) is 1.83. The smallest absolute Gasteiger partial charge is 0.0797 e. The normalized spacial score (nSPS) is 12.9. The van der Waals surface area contributed by atoms with Crippen LogP contribution in [0.4, 0.5) is 0 Å². The van der Waals surface area contributed by atoms with Gasteiger partial charge in [0.05, 0.1) is 11.2 Å². The van der Waals surface area contributed by atoms with Gasteiger partial charge in [-0.25, -0.2) is 4.98 Å². The predicted octanol–water partition coefficient (Wildman–Crippen LogP) is 2.52. The van der Waals surface area contributed by atoms with Gasteiger partial charge in [-0.2, -0.15) is 0 Å². The summed E-state index contributed by atoms with van der Waals surface area (Å²) in [7, 11) is 0. The zero-order valence-electron chi connectivity index (χ0n) is 9.68. The fourth-order valence-corrected chi connectivity index (χ4v) is 2.60. The summed E-state index contributed by atoms with van der Waals surface area (Å²) in [5.74, 6) is 0. The molecule has 0 aliphatic heterocycles. The van der Waals surface area contributed by atoms with Crippen LogP contribution in [0.1, 0.15) is 29.2 Å². The molecule has 0 aliphatic carbocycles. The van der Waals surface area contributed by atoms with Gasteiger partial charge in [0.15, 0.2) is 0 Å². The minimum atomic E-state index is 0.0950. The summed E-state index contributed by atoms with van der Waals surface area (Å²) >= 11 is 1.73. The van der Waals surface area contributed by atoms with Gasteiger partial charge in [0.25, 0.3) is 0 Å². The topological polar surface area (TPSA) is 43.8 Å². The van der Waals surface area contributed by atoms with E-state index >= 15 is 0 Å². The summed E-state index contributed by atoms with van der Waals surface area (Å²) in [4.78, 5) is 5.62. The lowest BCUT2D eigenvalue weighted by molar-refractivity contribution is 0.627. The van der Waals surface area contributed by atoms with E-state index in [-0.39, 0.29) is 6.04 Å². The third-order valence-corrected chi connectivity index (χ3v) is 3.75. The van der Waals surface area contributed by atoms with Gasteiger partial charge in [-0.3, -0.25) is 0 Å². The van der Waals surface area contributed by atoms with E-state index < -0.39 is 0 Å². The first-order valence-corrected chi connectivity index (χ1v) is 6.36. The number of hydrogen-bond acceptors (Lipinski definition) is 3. The molecule has 0 fully saturated rings. The maximum atomic E-state index is 5.91. The van der Waals surface area contributed by atoms with Gasteiger partial charge >= 0.3 is 0 Å². The van der Waals surface area contributed by atoms with Crippen molar-refractivity contribution >= 4 is 11.3 Å². The minimum Gasteiger partial charge on any atom is -0.350 e. The van der Waals surface area contributed by atoms with Crippen molar-refractivity contribution < 1.29 is 0 Å². The Kier molecular flexibility index (Phi) is 3.41. The van der Waals surface area contributed by atoms with Crippen LogP contribution in [0.5, 0.6) is 0 Å². The molecule has 0 saturated carbocycles. The standard InChI is InChI=1S/C12H17N3S/c1-9(13)11-4-3-6-15(11)7-5-12-10(2)14-8-16-12/h3-4,6,8-9H,5,7,13H2,1-2H3. The van der Waals surface area contributed by atoms with Gasteiger partial charge in [-0.15, -0.1) is 11.3 Å². The first-order chi connectivity index (χ1) is 7.68.